The first-order valence-corrected chi connectivity index (χ1v) is 12.3. The van der Waals surface area contributed by atoms with Crippen molar-refractivity contribution in [2.75, 3.05) is 36.8 Å². The summed E-state index contributed by atoms with van der Waals surface area (Å²) in [7, 11) is 4.57. The number of alkyl halides is 1. The van der Waals surface area contributed by atoms with Crippen LogP contribution in [0.1, 0.15) is 18.6 Å². The van der Waals surface area contributed by atoms with Crippen molar-refractivity contribution in [3.05, 3.63) is 71.4 Å². The van der Waals surface area contributed by atoms with Gasteiger partial charge < -0.3 is 35.2 Å². The lowest BCUT2D eigenvalue weighted by atomic mass is 10.0. The summed E-state index contributed by atoms with van der Waals surface area (Å²) in [6.45, 7) is 5.09. The summed E-state index contributed by atoms with van der Waals surface area (Å²) < 4.78 is 10.6. The predicted octanol–water partition coefficient (Wildman–Crippen LogP) is 3.32. The van der Waals surface area contributed by atoms with E-state index in [4.69, 9.17) is 32.7 Å². The topological polar surface area (TPSA) is 141 Å². The summed E-state index contributed by atoms with van der Waals surface area (Å²) in [4.78, 5) is 21.9. The quantitative estimate of drug-likeness (QED) is 0.157. The molecule has 1 heterocycles. The second-order valence-electron chi connectivity index (χ2n) is 8.26. The number of hydrogen-bond acceptors (Lipinski definition) is 10. The monoisotopic (exact) mass is 564 g/mol. The van der Waals surface area contributed by atoms with Crippen LogP contribution in [0.15, 0.2) is 65.9 Å². The Kier molecular flexibility index (Phi) is 9.95. The van der Waals surface area contributed by atoms with Gasteiger partial charge in [0.1, 0.15) is 34.9 Å². The molecular formula is C25H30Cl2N6O5. The van der Waals surface area contributed by atoms with Crippen LogP contribution in [0.2, 0.25) is 0 Å². The lowest BCUT2D eigenvalue weighted by Crippen LogP contribution is -2.53. The maximum absolute atomic E-state index is 11.9. The van der Waals surface area contributed by atoms with Gasteiger partial charge in [-0.2, -0.15) is 0 Å². The summed E-state index contributed by atoms with van der Waals surface area (Å²) in [6, 6.07) is 5.96. The van der Waals surface area contributed by atoms with Crippen LogP contribution in [0.3, 0.4) is 0 Å². The molecule has 0 aliphatic heterocycles. The summed E-state index contributed by atoms with van der Waals surface area (Å²) in [5.74, 6) is 1.11. The van der Waals surface area contributed by atoms with Crippen molar-refractivity contribution >= 4 is 52.1 Å². The highest BCUT2D eigenvalue weighted by atomic mass is 35.5. The Morgan fingerprint density at radius 1 is 1.21 bits per heavy atom. The average molecular weight is 565 g/mol. The Morgan fingerprint density at radius 2 is 1.95 bits per heavy atom. The molecule has 0 saturated heterocycles. The molecule has 1 amide bonds. The first-order valence-electron chi connectivity index (χ1n) is 11.4. The fourth-order valence-corrected chi connectivity index (χ4v) is 4.31. The molecule has 38 heavy (non-hydrogen) atoms. The number of rotatable bonds is 11. The minimum absolute atomic E-state index is 0.278. The van der Waals surface area contributed by atoms with Crippen molar-refractivity contribution in [1.29, 1.82) is 0 Å². The molecule has 1 aliphatic carbocycles. The number of carbonyl (C=O) groups excluding carboxylic acids is 1. The maximum atomic E-state index is 11.9. The fraction of sp³-hybridized carbons (Fsp3) is 0.320. The Labute approximate surface area is 230 Å². The third-order valence-electron chi connectivity index (χ3n) is 5.74. The van der Waals surface area contributed by atoms with E-state index in [9.17, 15) is 15.0 Å². The predicted molar refractivity (Wildman–Crippen MR) is 147 cm³/mol. The molecule has 204 valence electrons. The van der Waals surface area contributed by atoms with E-state index in [1.54, 1.807) is 44.3 Å². The van der Waals surface area contributed by atoms with Gasteiger partial charge in [-0.15, -0.1) is 11.6 Å². The highest BCUT2D eigenvalue weighted by molar-refractivity contribution is 6.33. The molecule has 0 radical (unpaired) electrons. The number of amides is 1. The van der Waals surface area contributed by atoms with Crippen LogP contribution < -0.4 is 20.9 Å². The second-order valence-corrected chi connectivity index (χ2v) is 9.14. The lowest BCUT2D eigenvalue weighted by Gasteiger charge is -2.34. The molecule has 2 aromatic rings. The van der Waals surface area contributed by atoms with Crippen molar-refractivity contribution < 1.29 is 24.5 Å². The Bertz CT molecular complexity index is 1240. The molecule has 11 nitrogen and oxygen atoms in total. The van der Waals surface area contributed by atoms with Gasteiger partial charge in [0.2, 0.25) is 5.91 Å². The van der Waals surface area contributed by atoms with Crippen LogP contribution in [0.4, 0.5) is 23.0 Å². The zero-order chi connectivity index (χ0) is 28.0. The number of benzene rings is 1. The number of ether oxygens (including phenoxy) is 2. The molecule has 1 aromatic carbocycles. The van der Waals surface area contributed by atoms with Gasteiger partial charge in [-0.1, -0.05) is 24.2 Å². The Morgan fingerprint density at radius 3 is 2.58 bits per heavy atom. The first kappa shape index (κ1) is 29.2. The third-order valence-corrected chi connectivity index (χ3v) is 6.63. The minimum atomic E-state index is -1.26. The number of nitrogens with one attached hydrogen (secondary N) is 3. The number of aliphatic hydroxyl groups is 2. The Balaban J connectivity index is 1.81. The zero-order valence-corrected chi connectivity index (χ0v) is 22.8. The minimum Gasteiger partial charge on any atom is -0.499 e. The number of halogens is 2. The van der Waals surface area contributed by atoms with Crippen LogP contribution in [0.5, 0.6) is 0 Å². The first-order chi connectivity index (χ1) is 18.1. The van der Waals surface area contributed by atoms with Gasteiger partial charge >= 0.3 is 0 Å². The van der Waals surface area contributed by atoms with E-state index >= 15 is 0 Å². The molecule has 1 aliphatic rings. The molecule has 13 heteroatoms. The van der Waals surface area contributed by atoms with E-state index in [2.05, 4.69) is 32.5 Å². The summed E-state index contributed by atoms with van der Waals surface area (Å²) >= 11 is 13.0. The molecule has 3 rings (SSSR count). The molecule has 4 atom stereocenters. The molecule has 0 spiro atoms. The number of aromatic nitrogens is 2. The lowest BCUT2D eigenvalue weighted by molar-refractivity contribution is -0.111. The van der Waals surface area contributed by atoms with Gasteiger partial charge in [0.25, 0.3) is 0 Å². The number of allylic oxidation sites excluding steroid dienone is 1. The van der Waals surface area contributed by atoms with Crippen LogP contribution in [0, 0.1) is 0 Å². The van der Waals surface area contributed by atoms with E-state index in [0.29, 0.717) is 40.1 Å². The smallest absolute Gasteiger partial charge is 0.247 e. The van der Waals surface area contributed by atoms with Crippen LogP contribution >= 0.6 is 23.2 Å². The summed E-state index contributed by atoms with van der Waals surface area (Å²) in [5, 5.41) is 29.2. The highest BCUT2D eigenvalue weighted by Crippen LogP contribution is 2.33. The number of carbonyl (C=O) groups is 1. The number of nitrogens with zero attached hydrogens (tertiary/aromatic N) is 3. The fourth-order valence-electron chi connectivity index (χ4n) is 3.57. The van der Waals surface area contributed by atoms with Crippen molar-refractivity contribution in [2.45, 2.75) is 30.8 Å². The molecule has 0 fully saturated rings. The normalized spacial score (nSPS) is 18.7. The van der Waals surface area contributed by atoms with Crippen molar-refractivity contribution in [1.82, 2.24) is 15.3 Å². The number of aliphatic hydroxyl groups excluding tert-OH is 2. The van der Waals surface area contributed by atoms with Crippen LogP contribution in [0.25, 0.3) is 0 Å². The molecule has 1 aromatic heterocycles. The number of methoxy groups -OCH3 is 2. The van der Waals surface area contributed by atoms with Gasteiger partial charge in [0.15, 0.2) is 6.35 Å². The largest absolute Gasteiger partial charge is 0.499 e. The van der Waals surface area contributed by atoms with Crippen molar-refractivity contribution in [2.24, 2.45) is 0 Å². The zero-order valence-electron chi connectivity index (χ0n) is 21.3. The number of anilines is 4. The van der Waals surface area contributed by atoms with E-state index in [-0.39, 0.29) is 5.03 Å². The molecular weight excluding hydrogens is 535 g/mol. The van der Waals surface area contributed by atoms with Gasteiger partial charge in [-0.3, -0.25) is 10.1 Å². The summed E-state index contributed by atoms with van der Waals surface area (Å²) in [6.07, 6.45) is 2.06. The average Bonchev–Trinajstić information content (AvgIpc) is 2.91. The van der Waals surface area contributed by atoms with Crippen molar-refractivity contribution in [3.63, 3.8) is 0 Å². The Hall–Kier alpha value is -3.35. The van der Waals surface area contributed by atoms with E-state index in [1.807, 2.05) is 0 Å². The maximum Gasteiger partial charge on any atom is 0.247 e. The summed E-state index contributed by atoms with van der Waals surface area (Å²) in [5.41, 5.74) is 1.56. The molecule has 5 N–H and O–H groups in total. The van der Waals surface area contributed by atoms with Crippen LogP contribution in [-0.2, 0) is 14.3 Å². The SMILES string of the molecule is C=CC(=O)Nc1cc(C(C)O)ccc1Nc1cc(N(C)C(O)NC2C(Cl)=C(OC)C=C(OC)C2Cl)ncn1. The highest BCUT2D eigenvalue weighted by Gasteiger charge is 2.35. The second kappa shape index (κ2) is 12.9. The molecule has 4 unspecified atom stereocenters. The van der Waals surface area contributed by atoms with Gasteiger partial charge in [0, 0.05) is 19.2 Å². The third kappa shape index (κ3) is 6.74. The van der Waals surface area contributed by atoms with Crippen molar-refractivity contribution in [3.8, 4) is 0 Å². The molecule has 0 bridgehead atoms. The standard InChI is InChI=1S/C25H30Cl2N6O5/c1-6-21(35)31-16-9-14(13(2)34)7-8-15(16)30-19-11-20(29-12-28-19)33(3)25(36)32-24-22(26)17(37-4)10-18(38-5)23(24)27/h6-13,22,24-25,32,34,36H,1H2,2-5H3,(H,31,35)(H,28,29,30). The van der Waals surface area contributed by atoms with E-state index in [1.165, 1.54) is 25.4 Å². The van der Waals surface area contributed by atoms with Gasteiger partial charge in [-0.25, -0.2) is 9.97 Å². The van der Waals surface area contributed by atoms with E-state index in [0.717, 1.165) is 6.08 Å². The van der Waals surface area contributed by atoms with E-state index < -0.39 is 29.8 Å². The molecule has 0 saturated carbocycles. The van der Waals surface area contributed by atoms with Gasteiger partial charge in [0.05, 0.1) is 42.8 Å². The van der Waals surface area contributed by atoms with Crippen LogP contribution in [-0.4, -0.2) is 65.1 Å². The van der Waals surface area contributed by atoms with Gasteiger partial charge in [-0.05, 0) is 30.7 Å². The number of hydrogen-bond donors (Lipinski definition) is 5.